The average molecular weight is 542 g/mol. The van der Waals surface area contributed by atoms with Gasteiger partial charge in [-0.15, -0.1) is 0 Å². The molecule has 0 spiro atoms. The molecule has 0 aliphatic carbocycles. The van der Waals surface area contributed by atoms with Crippen molar-refractivity contribution in [2.24, 2.45) is 13.0 Å². The number of imidazole rings is 1. The molecule has 1 aromatic carbocycles. The molecule has 1 unspecified atom stereocenters. The minimum atomic E-state index is -0.841. The van der Waals surface area contributed by atoms with E-state index in [0.29, 0.717) is 37.4 Å². The van der Waals surface area contributed by atoms with Gasteiger partial charge in [0.2, 0.25) is 12.7 Å². The van der Waals surface area contributed by atoms with Crippen LogP contribution in [0.1, 0.15) is 49.9 Å². The number of rotatable bonds is 14. The van der Waals surface area contributed by atoms with Gasteiger partial charge in [0.15, 0.2) is 11.5 Å². The summed E-state index contributed by atoms with van der Waals surface area (Å²) in [5, 5.41) is 10.5. The van der Waals surface area contributed by atoms with Gasteiger partial charge in [0.05, 0.1) is 12.5 Å². The molecule has 0 bridgehead atoms. The van der Waals surface area contributed by atoms with E-state index in [2.05, 4.69) is 21.7 Å². The lowest BCUT2D eigenvalue weighted by Gasteiger charge is -2.30. The van der Waals surface area contributed by atoms with Crippen molar-refractivity contribution in [3.63, 3.8) is 0 Å². The Bertz CT molecular complexity index is 1120. The van der Waals surface area contributed by atoms with Crippen molar-refractivity contribution in [3.05, 3.63) is 42.0 Å². The summed E-state index contributed by atoms with van der Waals surface area (Å²) >= 11 is 0. The Hall–Kier alpha value is -3.11. The van der Waals surface area contributed by atoms with Crippen LogP contribution < -0.4 is 9.47 Å². The number of nitrogens with zero attached hydrogens (tertiary/aromatic N) is 5. The number of aryl methyl sites for hydroxylation is 2. The molecule has 3 heterocycles. The zero-order valence-electron chi connectivity index (χ0n) is 23.7. The maximum absolute atomic E-state index is 13.7. The zero-order valence-corrected chi connectivity index (χ0v) is 23.7. The summed E-state index contributed by atoms with van der Waals surface area (Å²) in [6.07, 6.45) is 7.77. The minimum absolute atomic E-state index is 0.0691. The molecule has 10 heteroatoms. The maximum Gasteiger partial charge on any atom is 0.308 e. The SMILES string of the molecule is CCCCN(CCCN(C)C)C(=O)CN1C[C@H](c2ccc3c(c2)OCO3)C(C(=O)O)[C@@H]1CCc1nccn1C. The number of aliphatic carboxylic acids is 1. The predicted molar refractivity (Wildman–Crippen MR) is 148 cm³/mol. The second kappa shape index (κ2) is 13.3. The third-order valence-electron chi connectivity index (χ3n) is 7.95. The molecule has 0 radical (unpaired) electrons. The van der Waals surface area contributed by atoms with Crippen LogP contribution in [0.3, 0.4) is 0 Å². The molecule has 2 aliphatic rings. The normalized spacial score (nSPS) is 20.6. The monoisotopic (exact) mass is 541 g/mol. The average Bonchev–Trinajstić information content (AvgIpc) is 3.62. The largest absolute Gasteiger partial charge is 0.481 e. The predicted octanol–water partition coefficient (Wildman–Crippen LogP) is 2.83. The van der Waals surface area contributed by atoms with Gasteiger partial charge in [0.1, 0.15) is 5.82 Å². The summed E-state index contributed by atoms with van der Waals surface area (Å²) in [4.78, 5) is 37.1. The second-order valence-electron chi connectivity index (χ2n) is 11.0. The highest BCUT2D eigenvalue weighted by Gasteiger charge is 2.47. The molecule has 1 N–H and O–H groups in total. The van der Waals surface area contributed by atoms with Crippen LogP contribution in [-0.2, 0) is 23.1 Å². The number of carbonyl (C=O) groups excluding carboxylic acids is 1. The van der Waals surface area contributed by atoms with Crippen LogP contribution in [0.25, 0.3) is 0 Å². The number of ether oxygens (including phenoxy) is 2. The minimum Gasteiger partial charge on any atom is -0.481 e. The number of amides is 1. The van der Waals surface area contributed by atoms with Crippen LogP contribution in [-0.4, -0.2) is 101 Å². The molecular weight excluding hydrogens is 498 g/mol. The fraction of sp³-hybridized carbons (Fsp3) is 0.621. The number of carboxylic acids is 1. The highest BCUT2D eigenvalue weighted by molar-refractivity contribution is 5.79. The third-order valence-corrected chi connectivity index (χ3v) is 7.95. The molecule has 10 nitrogen and oxygen atoms in total. The van der Waals surface area contributed by atoms with Gasteiger partial charge in [-0.2, -0.15) is 0 Å². The van der Waals surface area contributed by atoms with E-state index >= 15 is 0 Å². The van der Waals surface area contributed by atoms with Gasteiger partial charge in [0, 0.05) is 57.5 Å². The van der Waals surface area contributed by atoms with Gasteiger partial charge in [0.25, 0.3) is 0 Å². The Kier molecular flexibility index (Phi) is 9.85. The Morgan fingerprint density at radius 1 is 1.13 bits per heavy atom. The number of hydrogen-bond acceptors (Lipinski definition) is 7. The highest BCUT2D eigenvalue weighted by Crippen LogP contribution is 2.43. The zero-order chi connectivity index (χ0) is 27.9. The van der Waals surface area contributed by atoms with Crippen molar-refractivity contribution >= 4 is 11.9 Å². The number of carbonyl (C=O) groups is 2. The van der Waals surface area contributed by atoms with Gasteiger partial charge in [-0.05, 0) is 57.6 Å². The lowest BCUT2D eigenvalue weighted by atomic mass is 9.83. The first kappa shape index (κ1) is 28.9. The van der Waals surface area contributed by atoms with Crippen molar-refractivity contribution in [2.75, 3.05) is 53.6 Å². The van der Waals surface area contributed by atoms with E-state index in [0.717, 1.165) is 43.7 Å². The third kappa shape index (κ3) is 7.10. The lowest BCUT2D eigenvalue weighted by molar-refractivity contribution is -0.143. The van der Waals surface area contributed by atoms with Gasteiger partial charge in [-0.1, -0.05) is 19.4 Å². The van der Waals surface area contributed by atoms with Gasteiger partial charge >= 0.3 is 5.97 Å². The number of unbranched alkanes of at least 4 members (excludes halogenated alkanes) is 1. The second-order valence-corrected chi connectivity index (χ2v) is 11.0. The van der Waals surface area contributed by atoms with Gasteiger partial charge in [-0.3, -0.25) is 14.5 Å². The van der Waals surface area contributed by atoms with Crippen LogP contribution in [0.5, 0.6) is 11.5 Å². The van der Waals surface area contributed by atoms with E-state index in [9.17, 15) is 14.7 Å². The van der Waals surface area contributed by atoms with Gasteiger partial charge in [-0.25, -0.2) is 4.98 Å². The first-order valence-corrected chi connectivity index (χ1v) is 14.0. The number of fused-ring (bicyclic) bond motifs is 1. The number of benzene rings is 1. The van der Waals surface area contributed by atoms with E-state index in [4.69, 9.17) is 9.47 Å². The summed E-state index contributed by atoms with van der Waals surface area (Å²) in [6.45, 7) is 5.34. The molecule has 214 valence electrons. The van der Waals surface area contributed by atoms with Crippen LogP contribution >= 0.6 is 0 Å². The van der Waals surface area contributed by atoms with Crippen molar-refractivity contribution in [3.8, 4) is 11.5 Å². The Morgan fingerprint density at radius 2 is 1.90 bits per heavy atom. The number of carboxylic acid groups (broad SMARTS) is 1. The first-order chi connectivity index (χ1) is 18.8. The molecule has 0 saturated carbocycles. The van der Waals surface area contributed by atoms with E-state index in [1.54, 1.807) is 6.20 Å². The lowest BCUT2D eigenvalue weighted by Crippen LogP contribution is -2.45. The standard InChI is InChI=1S/C29H43N5O5/c1-5-6-14-33(15-7-13-31(2)3)27(35)19-34-18-22(21-8-10-24-25(17-21)39-20-38-24)28(29(36)37)23(34)9-11-26-30-12-16-32(26)4/h8,10,12,16-17,22-23,28H,5-7,9,11,13-15,18-20H2,1-4H3,(H,36,37)/t22-,23+,28?/m1/s1. The van der Waals surface area contributed by atoms with Crippen LogP contribution in [0, 0.1) is 5.92 Å². The molecular formula is C29H43N5O5. The molecule has 1 amide bonds. The molecule has 39 heavy (non-hydrogen) atoms. The van der Waals surface area contributed by atoms with E-state index < -0.39 is 11.9 Å². The van der Waals surface area contributed by atoms with Crippen molar-refractivity contribution < 1.29 is 24.2 Å². The number of likely N-dealkylation sites (tertiary alicyclic amines) is 1. The van der Waals surface area contributed by atoms with Gasteiger partial charge < -0.3 is 28.9 Å². The molecule has 3 atom stereocenters. The Balaban J connectivity index is 1.57. The quantitative estimate of drug-likeness (QED) is 0.390. The van der Waals surface area contributed by atoms with Crippen LogP contribution in [0.2, 0.25) is 0 Å². The van der Waals surface area contributed by atoms with Crippen molar-refractivity contribution in [1.82, 2.24) is 24.3 Å². The highest BCUT2D eigenvalue weighted by atomic mass is 16.7. The van der Waals surface area contributed by atoms with Crippen LogP contribution in [0.4, 0.5) is 0 Å². The molecule has 1 aromatic heterocycles. The molecule has 4 rings (SSSR count). The molecule has 1 fully saturated rings. The Morgan fingerprint density at radius 3 is 2.59 bits per heavy atom. The molecule has 2 aromatic rings. The maximum atomic E-state index is 13.7. The molecule has 2 aliphatic heterocycles. The van der Waals surface area contributed by atoms with E-state index in [1.807, 2.05) is 55.0 Å². The summed E-state index contributed by atoms with van der Waals surface area (Å²) in [7, 11) is 6.02. The van der Waals surface area contributed by atoms with E-state index in [-0.39, 0.29) is 31.2 Å². The van der Waals surface area contributed by atoms with Crippen molar-refractivity contribution in [2.45, 2.75) is 51.0 Å². The summed E-state index contributed by atoms with van der Waals surface area (Å²) in [5.74, 6) is 0.523. The first-order valence-electron chi connectivity index (χ1n) is 14.0. The van der Waals surface area contributed by atoms with E-state index in [1.165, 1.54) is 0 Å². The molecule has 1 saturated heterocycles. The van der Waals surface area contributed by atoms with Crippen molar-refractivity contribution in [1.29, 1.82) is 0 Å². The number of aromatic nitrogens is 2. The summed E-state index contributed by atoms with van der Waals surface area (Å²) in [6, 6.07) is 5.39. The smallest absolute Gasteiger partial charge is 0.308 e. The van der Waals surface area contributed by atoms with Crippen LogP contribution in [0.15, 0.2) is 30.6 Å². The fourth-order valence-electron chi connectivity index (χ4n) is 5.81. The summed E-state index contributed by atoms with van der Waals surface area (Å²) in [5.41, 5.74) is 0.900. The Labute approximate surface area is 231 Å². The summed E-state index contributed by atoms with van der Waals surface area (Å²) < 4.78 is 13.0. The fourth-order valence-corrected chi connectivity index (χ4v) is 5.81. The number of hydrogen-bond donors (Lipinski definition) is 1. The topological polar surface area (TPSA) is 100 Å².